The second-order valence-corrected chi connectivity index (χ2v) is 27.9. The third kappa shape index (κ3) is 19.8. The van der Waals surface area contributed by atoms with Gasteiger partial charge < -0.3 is 19.3 Å². The maximum absolute atomic E-state index is 14.4. The largest absolute Gasteiger partial charge is 0.492 e. The second kappa shape index (κ2) is 27.3. The molecule has 8 rings (SSSR count). The summed E-state index contributed by atoms with van der Waals surface area (Å²) in [5.41, 5.74) is 8.13. The van der Waals surface area contributed by atoms with Gasteiger partial charge in [0.15, 0.2) is 0 Å². The highest BCUT2D eigenvalue weighted by Gasteiger charge is 2.25. The van der Waals surface area contributed by atoms with E-state index in [0.29, 0.717) is 31.9 Å². The Labute approximate surface area is 455 Å². The van der Waals surface area contributed by atoms with Gasteiger partial charge in [0.2, 0.25) is 0 Å². The van der Waals surface area contributed by atoms with E-state index in [0.717, 1.165) is 74.9 Å². The predicted octanol–water partition coefficient (Wildman–Crippen LogP) is 13.0. The summed E-state index contributed by atoms with van der Waals surface area (Å²) in [4.78, 5) is 21.2. The van der Waals surface area contributed by atoms with E-state index >= 15 is 0 Å². The number of carbonyl (C=O) groups is 1. The molecule has 0 bridgehead atoms. The third-order valence-electron chi connectivity index (χ3n) is 14.8. The maximum atomic E-state index is 14.4. The summed E-state index contributed by atoms with van der Waals surface area (Å²) >= 11 is 0. The van der Waals surface area contributed by atoms with Crippen molar-refractivity contribution in [2.75, 3.05) is 103 Å². The van der Waals surface area contributed by atoms with E-state index < -0.39 is 9.71 Å². The standard InChI is InChI=1S/C17H27NO.C16H25FN2OS.C16H25NO.C15H21NO/c1-14-13-15(17(2,3)4)7-8-16(14)19-12-11-18-9-5-6-10-18;1-16(2,3)13-6-7-15(14(17)12-13)18-8-10-19(11-9-18)21(4,5)20;1-16(2,3)14-6-8-15(9-7-14)18-13-12-17-10-4-5-11-17;1-15(2,3)13-8-6-7-12(11-13)14(17)16-9-4-5-10-16/h7-8,13H,5-6,9-12H2,1-4H3;6-7,12H,4,8-11H2,1-3,5H3;6-9H,4-5,10-13H2,1-3H3;6-8,11H,4-5,9-10H2,1-3H3. The van der Waals surface area contributed by atoms with E-state index in [9.17, 15) is 13.4 Å². The van der Waals surface area contributed by atoms with E-state index in [1.807, 2.05) is 44.4 Å². The van der Waals surface area contributed by atoms with Crippen LogP contribution in [0.5, 0.6) is 11.5 Å². The summed E-state index contributed by atoms with van der Waals surface area (Å²) in [6, 6.07) is 28.6. The lowest BCUT2D eigenvalue weighted by Crippen LogP contribution is -2.48. The summed E-state index contributed by atoms with van der Waals surface area (Å²) in [6.07, 6.45) is 9.33. The normalized spacial score (nSPS) is 17.7. The number of benzene rings is 4. The van der Waals surface area contributed by atoms with Gasteiger partial charge in [-0.05, 0) is 169 Å². The number of hydrogen-bond acceptors (Lipinski definition) is 7. The molecule has 75 heavy (non-hydrogen) atoms. The van der Waals surface area contributed by atoms with Crippen LogP contribution in [0.4, 0.5) is 10.1 Å². The van der Waals surface area contributed by atoms with Crippen molar-refractivity contribution < 1.29 is 22.9 Å². The molecule has 1 unspecified atom stereocenters. The monoisotopic (exact) mass is 1050 g/mol. The number of aryl methyl sites for hydroxylation is 1. The highest BCUT2D eigenvalue weighted by Crippen LogP contribution is 2.31. The van der Waals surface area contributed by atoms with Crippen molar-refractivity contribution in [3.63, 3.8) is 0 Å². The van der Waals surface area contributed by atoms with E-state index in [4.69, 9.17) is 9.47 Å². The quantitative estimate of drug-likeness (QED) is 0.139. The molecule has 9 nitrogen and oxygen atoms in total. The fourth-order valence-corrected chi connectivity index (χ4v) is 10.6. The lowest BCUT2D eigenvalue weighted by molar-refractivity contribution is 0.0792. The summed E-state index contributed by atoms with van der Waals surface area (Å²) in [6.45, 7) is 41.5. The van der Waals surface area contributed by atoms with Crippen LogP contribution in [0.15, 0.2) is 84.9 Å². The smallest absolute Gasteiger partial charge is 0.253 e. The van der Waals surface area contributed by atoms with E-state index in [1.54, 1.807) is 12.3 Å². The minimum Gasteiger partial charge on any atom is -0.492 e. The number of piperazine rings is 1. The molecule has 0 aliphatic carbocycles. The zero-order chi connectivity index (χ0) is 55.2. The zero-order valence-electron chi connectivity index (χ0n) is 49.1. The number of rotatable bonds is 11. The maximum Gasteiger partial charge on any atom is 0.253 e. The van der Waals surface area contributed by atoms with Crippen molar-refractivity contribution in [2.24, 2.45) is 0 Å². The molecule has 1 atom stereocenters. The van der Waals surface area contributed by atoms with Gasteiger partial charge in [0, 0.05) is 73.9 Å². The molecular weight excluding hydrogens is 954 g/mol. The number of ether oxygens (including phenoxy) is 2. The van der Waals surface area contributed by atoms with Crippen molar-refractivity contribution >= 4 is 27.2 Å². The molecule has 0 spiro atoms. The highest BCUT2D eigenvalue weighted by molar-refractivity contribution is 7.97. The minimum absolute atomic E-state index is 0.0559. The highest BCUT2D eigenvalue weighted by atomic mass is 32.2. The molecule has 4 aliphatic heterocycles. The Bertz CT molecular complexity index is 2490. The molecule has 4 aliphatic rings. The average Bonchev–Trinajstić information content (AvgIpc) is 4.18. The second-order valence-electron chi connectivity index (χ2n) is 25.4. The first-order valence-corrected chi connectivity index (χ1v) is 30.1. The lowest BCUT2D eigenvalue weighted by atomic mass is 9.86. The van der Waals surface area contributed by atoms with Crippen LogP contribution in [0.2, 0.25) is 0 Å². The number of anilines is 1. The van der Waals surface area contributed by atoms with Gasteiger partial charge in [-0.15, -0.1) is 0 Å². The Morgan fingerprint density at radius 2 is 1.01 bits per heavy atom. The molecule has 0 radical (unpaired) electrons. The van der Waals surface area contributed by atoms with Gasteiger partial charge in [-0.1, -0.05) is 126 Å². The van der Waals surface area contributed by atoms with E-state index in [2.05, 4.69) is 154 Å². The van der Waals surface area contributed by atoms with Gasteiger partial charge in [0.25, 0.3) is 5.91 Å². The van der Waals surface area contributed by atoms with Crippen LogP contribution in [-0.4, -0.2) is 133 Å². The van der Waals surface area contributed by atoms with Crippen molar-refractivity contribution in [1.29, 1.82) is 0 Å². The number of likely N-dealkylation sites (tertiary alicyclic amines) is 3. The number of hydrogen-bond donors (Lipinski definition) is 0. The Balaban J connectivity index is 0.000000185. The Kier molecular flexibility index (Phi) is 22.3. The Hall–Kier alpha value is -4.42. The molecule has 0 aromatic heterocycles. The molecule has 0 N–H and O–H groups in total. The molecule has 4 saturated heterocycles. The van der Waals surface area contributed by atoms with Gasteiger partial charge >= 0.3 is 0 Å². The molecule has 11 heteroatoms. The molecular formula is C64H98FN5O4S. The molecule has 4 heterocycles. The van der Waals surface area contributed by atoms with Crippen molar-refractivity contribution in [3.05, 3.63) is 124 Å². The molecule has 416 valence electrons. The van der Waals surface area contributed by atoms with Crippen molar-refractivity contribution in [3.8, 4) is 11.5 Å². The van der Waals surface area contributed by atoms with Gasteiger partial charge in [0.05, 0.1) is 5.69 Å². The molecule has 1 amide bonds. The van der Waals surface area contributed by atoms with Crippen LogP contribution < -0.4 is 14.4 Å². The van der Waals surface area contributed by atoms with Crippen LogP contribution in [-0.2, 0) is 31.4 Å². The molecule has 4 aromatic carbocycles. The van der Waals surface area contributed by atoms with E-state index in [1.165, 1.54) is 74.1 Å². The SMILES string of the molecule is C=S(C)(=O)N1CCN(c2ccc(C(C)(C)C)cc2F)CC1.CC(C)(C)c1ccc(OCCN2CCCC2)cc1.CC(C)(C)c1cccc(C(=O)N2CCCC2)c1.Cc1cc(C(C)(C)C)ccc1OCCN1CCCC1. The van der Waals surface area contributed by atoms with Crippen LogP contribution in [0, 0.1) is 12.7 Å². The predicted molar refractivity (Wildman–Crippen MR) is 318 cm³/mol. The average molecular weight is 1050 g/mol. The summed E-state index contributed by atoms with van der Waals surface area (Å²) in [5, 5.41) is 0. The van der Waals surface area contributed by atoms with Crippen molar-refractivity contribution in [2.45, 2.75) is 150 Å². The number of halogens is 1. The summed E-state index contributed by atoms with van der Waals surface area (Å²) < 4.78 is 39.9. The first-order chi connectivity index (χ1) is 35.1. The van der Waals surface area contributed by atoms with Crippen LogP contribution >= 0.6 is 0 Å². The molecule has 4 aromatic rings. The Morgan fingerprint density at radius 3 is 1.49 bits per heavy atom. The van der Waals surface area contributed by atoms with Gasteiger partial charge in [-0.3, -0.25) is 18.8 Å². The van der Waals surface area contributed by atoms with Gasteiger partial charge in [0.1, 0.15) is 30.5 Å². The molecule has 4 fully saturated rings. The zero-order valence-corrected chi connectivity index (χ0v) is 49.9. The lowest BCUT2D eigenvalue weighted by Gasteiger charge is -2.36. The fourth-order valence-electron chi connectivity index (χ4n) is 9.69. The topological polar surface area (TPSA) is 68.8 Å². The van der Waals surface area contributed by atoms with Crippen molar-refractivity contribution in [1.82, 2.24) is 19.0 Å². The van der Waals surface area contributed by atoms with Gasteiger partial charge in [-0.2, -0.15) is 0 Å². The minimum atomic E-state index is -2.15. The first kappa shape index (κ1) is 61.4. The number of amides is 1. The van der Waals surface area contributed by atoms with Gasteiger partial charge in [-0.25, -0.2) is 8.70 Å². The number of nitrogens with zero attached hydrogens (tertiary/aromatic N) is 5. The third-order valence-corrected chi connectivity index (χ3v) is 16.3. The van der Waals surface area contributed by atoms with Crippen LogP contribution in [0.3, 0.4) is 0 Å². The van der Waals surface area contributed by atoms with Crippen LogP contribution in [0.25, 0.3) is 0 Å². The Morgan fingerprint density at radius 1 is 0.560 bits per heavy atom. The first-order valence-electron chi connectivity index (χ1n) is 28.0. The molecule has 0 saturated carbocycles. The summed E-state index contributed by atoms with van der Waals surface area (Å²) in [5.74, 6) is 5.74. The van der Waals surface area contributed by atoms with E-state index in [-0.39, 0.29) is 33.4 Å². The fraction of sp³-hybridized carbons (Fsp3) is 0.594. The summed E-state index contributed by atoms with van der Waals surface area (Å²) in [7, 11) is -2.15. The number of carbonyl (C=O) groups excluding carboxylic acids is 1. The van der Waals surface area contributed by atoms with Crippen LogP contribution in [0.1, 0.15) is 160 Å².